The van der Waals surface area contributed by atoms with Crippen molar-refractivity contribution in [2.24, 2.45) is 11.7 Å². The maximum atomic E-state index is 11.4. The number of hydrogen-bond acceptors (Lipinski definition) is 3. The molecule has 0 aromatic heterocycles. The Balaban J connectivity index is 2.50. The van der Waals surface area contributed by atoms with Crippen molar-refractivity contribution in [2.45, 2.75) is 32.4 Å². The van der Waals surface area contributed by atoms with Crippen LogP contribution < -0.4 is 5.73 Å². The number of piperidine rings is 1. The zero-order chi connectivity index (χ0) is 10.0. The molecule has 1 saturated heterocycles. The van der Waals surface area contributed by atoms with Gasteiger partial charge in [-0.15, -0.1) is 0 Å². The van der Waals surface area contributed by atoms with Crippen LogP contribution in [0.4, 0.5) is 0 Å². The molecule has 1 amide bonds. The minimum atomic E-state index is -0.458. The van der Waals surface area contributed by atoms with E-state index in [0.29, 0.717) is 6.54 Å². The van der Waals surface area contributed by atoms with Gasteiger partial charge in [0, 0.05) is 13.1 Å². The third-order valence-corrected chi connectivity index (χ3v) is 2.62. The van der Waals surface area contributed by atoms with E-state index in [9.17, 15) is 9.90 Å². The molecule has 2 unspecified atom stereocenters. The van der Waals surface area contributed by atoms with Crippen LogP contribution in [0.5, 0.6) is 0 Å². The first-order valence-corrected chi connectivity index (χ1v) is 4.74. The van der Waals surface area contributed by atoms with Gasteiger partial charge in [-0.2, -0.15) is 0 Å². The van der Waals surface area contributed by atoms with Gasteiger partial charge in [-0.25, -0.2) is 0 Å². The topological polar surface area (TPSA) is 66.6 Å². The molecule has 76 valence electrons. The van der Waals surface area contributed by atoms with Crippen LogP contribution in [0, 0.1) is 5.92 Å². The van der Waals surface area contributed by atoms with E-state index in [2.05, 4.69) is 0 Å². The summed E-state index contributed by atoms with van der Waals surface area (Å²) >= 11 is 0. The highest BCUT2D eigenvalue weighted by Gasteiger charge is 2.28. The van der Waals surface area contributed by atoms with Gasteiger partial charge in [0.05, 0.1) is 12.1 Å². The molecule has 13 heavy (non-hydrogen) atoms. The van der Waals surface area contributed by atoms with E-state index in [1.54, 1.807) is 11.8 Å². The van der Waals surface area contributed by atoms with Gasteiger partial charge in [0.2, 0.25) is 5.91 Å². The van der Waals surface area contributed by atoms with Crippen molar-refractivity contribution in [1.82, 2.24) is 4.90 Å². The van der Waals surface area contributed by atoms with E-state index >= 15 is 0 Å². The Labute approximate surface area is 78.7 Å². The maximum Gasteiger partial charge on any atom is 0.239 e. The summed E-state index contributed by atoms with van der Waals surface area (Å²) in [7, 11) is 0. The number of hydrogen-bond donors (Lipinski definition) is 2. The first-order chi connectivity index (χ1) is 6.02. The van der Waals surface area contributed by atoms with Crippen molar-refractivity contribution in [2.75, 3.05) is 13.1 Å². The van der Waals surface area contributed by atoms with Crippen molar-refractivity contribution >= 4 is 5.91 Å². The van der Waals surface area contributed by atoms with Crippen molar-refractivity contribution in [3.63, 3.8) is 0 Å². The standard InChI is InChI=1S/C9H18N2O2/c1-6-3-4-11(5-8(6)12)9(13)7(2)10/h6-8,12H,3-5,10H2,1-2H3/t6?,7-,8?/m1/s1. The molecule has 4 nitrogen and oxygen atoms in total. The summed E-state index contributed by atoms with van der Waals surface area (Å²) in [4.78, 5) is 13.1. The van der Waals surface area contributed by atoms with Gasteiger partial charge >= 0.3 is 0 Å². The van der Waals surface area contributed by atoms with E-state index in [1.807, 2.05) is 6.92 Å². The number of β-amino-alcohol motifs (C(OH)–C–C–N with tert-alkyl or cyclic N) is 1. The van der Waals surface area contributed by atoms with E-state index < -0.39 is 12.1 Å². The zero-order valence-electron chi connectivity index (χ0n) is 8.23. The van der Waals surface area contributed by atoms with Gasteiger partial charge in [0.25, 0.3) is 0 Å². The number of nitrogens with zero attached hydrogens (tertiary/aromatic N) is 1. The molecule has 1 fully saturated rings. The quantitative estimate of drug-likeness (QED) is 0.583. The highest BCUT2D eigenvalue weighted by molar-refractivity contribution is 5.81. The maximum absolute atomic E-state index is 11.4. The fourth-order valence-corrected chi connectivity index (χ4v) is 1.54. The van der Waals surface area contributed by atoms with Crippen molar-refractivity contribution in [3.05, 3.63) is 0 Å². The summed E-state index contributed by atoms with van der Waals surface area (Å²) in [6, 6.07) is -0.458. The second kappa shape index (κ2) is 4.07. The molecule has 3 N–H and O–H groups in total. The van der Waals surface area contributed by atoms with Crippen LogP contribution in [0.3, 0.4) is 0 Å². The number of aliphatic hydroxyl groups is 1. The summed E-state index contributed by atoms with van der Waals surface area (Å²) in [5, 5.41) is 9.54. The van der Waals surface area contributed by atoms with Crippen LogP contribution in [-0.4, -0.2) is 41.1 Å². The van der Waals surface area contributed by atoms with Crippen LogP contribution in [0.25, 0.3) is 0 Å². The Hall–Kier alpha value is -0.610. The third-order valence-electron chi connectivity index (χ3n) is 2.62. The molecule has 1 heterocycles. The lowest BCUT2D eigenvalue weighted by molar-refractivity contribution is -0.136. The average molecular weight is 186 g/mol. The van der Waals surface area contributed by atoms with Crippen LogP contribution >= 0.6 is 0 Å². The first-order valence-electron chi connectivity index (χ1n) is 4.74. The average Bonchev–Trinajstić information content (AvgIpc) is 2.08. The van der Waals surface area contributed by atoms with Crippen molar-refractivity contribution in [1.29, 1.82) is 0 Å². The highest BCUT2D eigenvalue weighted by atomic mass is 16.3. The van der Waals surface area contributed by atoms with Crippen molar-refractivity contribution in [3.8, 4) is 0 Å². The number of rotatable bonds is 1. The van der Waals surface area contributed by atoms with Crippen molar-refractivity contribution < 1.29 is 9.90 Å². The van der Waals surface area contributed by atoms with Crippen LogP contribution in [0.2, 0.25) is 0 Å². The van der Waals surface area contributed by atoms with Gasteiger partial charge in [0.15, 0.2) is 0 Å². The van der Waals surface area contributed by atoms with Gasteiger partial charge < -0.3 is 15.7 Å². The largest absolute Gasteiger partial charge is 0.391 e. The molecule has 1 aliphatic heterocycles. The number of aliphatic hydroxyl groups excluding tert-OH is 1. The fourth-order valence-electron chi connectivity index (χ4n) is 1.54. The van der Waals surface area contributed by atoms with Crippen LogP contribution in [-0.2, 0) is 4.79 Å². The van der Waals surface area contributed by atoms with E-state index in [1.165, 1.54) is 0 Å². The number of carbonyl (C=O) groups excluding carboxylic acids is 1. The number of amides is 1. The molecule has 0 aromatic carbocycles. The lowest BCUT2D eigenvalue weighted by atomic mass is 9.96. The Morgan fingerprint density at radius 1 is 1.69 bits per heavy atom. The number of nitrogens with two attached hydrogens (primary N) is 1. The van der Waals surface area contributed by atoms with Crippen LogP contribution in [0.15, 0.2) is 0 Å². The van der Waals surface area contributed by atoms with Crippen LogP contribution in [0.1, 0.15) is 20.3 Å². The monoisotopic (exact) mass is 186 g/mol. The minimum absolute atomic E-state index is 0.0639. The zero-order valence-corrected chi connectivity index (χ0v) is 8.23. The second-order valence-electron chi connectivity index (χ2n) is 3.91. The molecule has 1 aliphatic rings. The molecular formula is C9H18N2O2. The summed E-state index contributed by atoms with van der Waals surface area (Å²) in [6.07, 6.45) is 0.469. The Bertz CT molecular complexity index is 194. The first kappa shape index (κ1) is 10.5. The van der Waals surface area contributed by atoms with E-state index in [0.717, 1.165) is 13.0 Å². The molecule has 0 saturated carbocycles. The van der Waals surface area contributed by atoms with Gasteiger partial charge in [-0.05, 0) is 19.3 Å². The van der Waals surface area contributed by atoms with E-state index in [-0.39, 0.29) is 11.8 Å². The molecule has 4 heteroatoms. The predicted molar refractivity (Wildman–Crippen MR) is 50.0 cm³/mol. The Morgan fingerprint density at radius 3 is 2.77 bits per heavy atom. The third kappa shape index (κ3) is 2.42. The number of likely N-dealkylation sites (tertiary alicyclic amines) is 1. The highest BCUT2D eigenvalue weighted by Crippen LogP contribution is 2.17. The lowest BCUT2D eigenvalue weighted by Gasteiger charge is -2.35. The molecule has 0 aliphatic carbocycles. The van der Waals surface area contributed by atoms with Gasteiger partial charge in [-0.3, -0.25) is 4.79 Å². The molecule has 3 atom stereocenters. The lowest BCUT2D eigenvalue weighted by Crippen LogP contribution is -2.50. The molecule has 0 aromatic rings. The Kier molecular flexibility index (Phi) is 3.27. The smallest absolute Gasteiger partial charge is 0.239 e. The summed E-state index contributed by atoms with van der Waals surface area (Å²) in [6.45, 7) is 4.82. The normalized spacial score (nSPS) is 31.5. The second-order valence-corrected chi connectivity index (χ2v) is 3.91. The summed E-state index contributed by atoms with van der Waals surface area (Å²) in [5.41, 5.74) is 5.47. The molecule has 0 bridgehead atoms. The number of carbonyl (C=O) groups is 1. The minimum Gasteiger partial charge on any atom is -0.391 e. The molecule has 0 radical (unpaired) electrons. The Morgan fingerprint density at radius 2 is 2.31 bits per heavy atom. The summed E-state index contributed by atoms with van der Waals surface area (Å²) in [5.74, 6) is 0.225. The fraction of sp³-hybridized carbons (Fsp3) is 0.889. The van der Waals surface area contributed by atoms with Gasteiger partial charge in [0.1, 0.15) is 0 Å². The van der Waals surface area contributed by atoms with E-state index in [4.69, 9.17) is 5.73 Å². The predicted octanol–water partition coefficient (Wildman–Crippen LogP) is -0.437. The molecule has 0 spiro atoms. The summed E-state index contributed by atoms with van der Waals surface area (Å²) < 4.78 is 0. The molecular weight excluding hydrogens is 168 g/mol. The van der Waals surface area contributed by atoms with Gasteiger partial charge in [-0.1, -0.05) is 6.92 Å². The SMILES string of the molecule is CC1CCN(C(=O)[C@@H](C)N)CC1O. The molecule has 1 rings (SSSR count).